The molecule has 0 aliphatic rings. The van der Waals surface area contributed by atoms with Crippen LogP contribution in [0.2, 0.25) is 0 Å². The number of carbonyl (C=O) groups excluding carboxylic acids is 1. The fraction of sp³-hybridized carbons (Fsp3) is 0.353. The van der Waals surface area contributed by atoms with Gasteiger partial charge in [-0.25, -0.2) is 9.97 Å². The third-order valence-electron chi connectivity index (χ3n) is 3.53. The number of amides is 1. The Morgan fingerprint density at radius 1 is 1.14 bits per heavy atom. The van der Waals surface area contributed by atoms with Crippen molar-refractivity contribution >= 4 is 11.7 Å². The van der Waals surface area contributed by atoms with Gasteiger partial charge in [-0.15, -0.1) is 0 Å². The first-order chi connectivity index (χ1) is 10.6. The lowest BCUT2D eigenvalue weighted by atomic mass is 10.1. The summed E-state index contributed by atoms with van der Waals surface area (Å²) >= 11 is 0. The molecule has 0 aliphatic carbocycles. The minimum Gasteiger partial charge on any atom is -0.366 e. The van der Waals surface area contributed by atoms with Crippen LogP contribution < -0.4 is 5.32 Å². The molecule has 0 aliphatic heterocycles. The number of aromatic nitrogens is 2. The summed E-state index contributed by atoms with van der Waals surface area (Å²) in [5.41, 5.74) is 2.82. The Balaban J connectivity index is 2.05. The third-order valence-corrected chi connectivity index (χ3v) is 3.53. The average molecular weight is 298 g/mol. The van der Waals surface area contributed by atoms with Crippen LogP contribution in [0.4, 0.5) is 5.82 Å². The molecule has 0 saturated heterocycles. The van der Waals surface area contributed by atoms with Crippen molar-refractivity contribution in [3.05, 3.63) is 53.5 Å². The molecule has 1 amide bonds. The standard InChI is InChI=1S/C17H22N4O/c1-4-21(5-2)17(22)15-10-16(20-12-19-15)18-11-14-8-6-13(3)7-9-14/h6-10,12H,4-5,11H2,1-3H3,(H,18,19,20). The Morgan fingerprint density at radius 2 is 1.82 bits per heavy atom. The summed E-state index contributed by atoms with van der Waals surface area (Å²) in [4.78, 5) is 22.3. The maximum atomic E-state index is 12.3. The van der Waals surface area contributed by atoms with E-state index in [0.717, 1.165) is 0 Å². The highest BCUT2D eigenvalue weighted by Crippen LogP contribution is 2.10. The molecule has 0 atom stereocenters. The first kappa shape index (κ1) is 15.9. The molecule has 1 N–H and O–H groups in total. The molecular weight excluding hydrogens is 276 g/mol. The summed E-state index contributed by atoms with van der Waals surface area (Å²) in [7, 11) is 0. The maximum absolute atomic E-state index is 12.3. The first-order valence-electron chi connectivity index (χ1n) is 7.54. The van der Waals surface area contributed by atoms with Crippen molar-refractivity contribution < 1.29 is 4.79 Å². The fourth-order valence-electron chi connectivity index (χ4n) is 2.14. The van der Waals surface area contributed by atoms with Crippen molar-refractivity contribution in [1.82, 2.24) is 14.9 Å². The van der Waals surface area contributed by atoms with Gasteiger partial charge in [-0.2, -0.15) is 0 Å². The molecule has 0 spiro atoms. The molecule has 2 rings (SSSR count). The van der Waals surface area contributed by atoms with Crippen molar-refractivity contribution in [2.24, 2.45) is 0 Å². The Kier molecular flexibility index (Phi) is 5.47. The summed E-state index contributed by atoms with van der Waals surface area (Å²) in [5, 5.41) is 3.23. The molecule has 2 aromatic rings. The van der Waals surface area contributed by atoms with Crippen molar-refractivity contribution in [2.75, 3.05) is 18.4 Å². The average Bonchev–Trinajstić information content (AvgIpc) is 2.55. The van der Waals surface area contributed by atoms with E-state index >= 15 is 0 Å². The zero-order valence-electron chi connectivity index (χ0n) is 13.3. The molecule has 0 radical (unpaired) electrons. The minimum absolute atomic E-state index is 0.0641. The lowest BCUT2D eigenvalue weighted by Crippen LogP contribution is -2.31. The van der Waals surface area contributed by atoms with Gasteiger partial charge in [0.05, 0.1) is 0 Å². The van der Waals surface area contributed by atoms with Crippen LogP contribution in [-0.2, 0) is 6.54 Å². The molecule has 0 unspecified atom stereocenters. The van der Waals surface area contributed by atoms with E-state index < -0.39 is 0 Å². The topological polar surface area (TPSA) is 58.1 Å². The number of carbonyl (C=O) groups is 1. The second kappa shape index (κ2) is 7.54. The number of hydrogen-bond donors (Lipinski definition) is 1. The molecule has 22 heavy (non-hydrogen) atoms. The Bertz CT molecular complexity index is 621. The van der Waals surface area contributed by atoms with Crippen LogP contribution >= 0.6 is 0 Å². The lowest BCUT2D eigenvalue weighted by Gasteiger charge is -2.18. The molecule has 1 aromatic carbocycles. The SMILES string of the molecule is CCN(CC)C(=O)c1cc(NCc2ccc(C)cc2)ncn1. The van der Waals surface area contributed by atoms with Gasteiger partial charge in [-0.1, -0.05) is 29.8 Å². The van der Waals surface area contributed by atoms with E-state index in [1.165, 1.54) is 17.5 Å². The van der Waals surface area contributed by atoms with Gasteiger partial charge >= 0.3 is 0 Å². The van der Waals surface area contributed by atoms with Gasteiger partial charge in [0.1, 0.15) is 17.8 Å². The number of aryl methyl sites for hydroxylation is 1. The predicted octanol–water partition coefficient (Wildman–Crippen LogP) is 2.88. The van der Waals surface area contributed by atoms with Crippen LogP contribution in [0.1, 0.15) is 35.5 Å². The first-order valence-corrected chi connectivity index (χ1v) is 7.54. The predicted molar refractivity (Wildman–Crippen MR) is 87.8 cm³/mol. The Labute approximate surface area is 131 Å². The van der Waals surface area contributed by atoms with Gasteiger partial charge in [0, 0.05) is 25.7 Å². The number of nitrogens with zero attached hydrogens (tertiary/aromatic N) is 3. The zero-order chi connectivity index (χ0) is 15.9. The minimum atomic E-state index is -0.0641. The van der Waals surface area contributed by atoms with Crippen molar-refractivity contribution in [1.29, 1.82) is 0 Å². The second-order valence-electron chi connectivity index (χ2n) is 5.11. The van der Waals surface area contributed by atoms with Crippen molar-refractivity contribution in [3.8, 4) is 0 Å². The summed E-state index contributed by atoms with van der Waals surface area (Å²) in [5.74, 6) is 0.594. The second-order valence-corrected chi connectivity index (χ2v) is 5.11. The fourth-order valence-corrected chi connectivity index (χ4v) is 2.14. The Morgan fingerprint density at radius 3 is 2.45 bits per heavy atom. The molecule has 116 valence electrons. The van der Waals surface area contributed by atoms with Crippen LogP contribution in [0.15, 0.2) is 36.7 Å². The van der Waals surface area contributed by atoms with E-state index in [0.29, 0.717) is 31.1 Å². The third kappa shape index (κ3) is 4.04. The molecule has 0 fully saturated rings. The van der Waals surface area contributed by atoms with E-state index in [1.54, 1.807) is 11.0 Å². The van der Waals surface area contributed by atoms with E-state index in [2.05, 4.69) is 46.5 Å². The maximum Gasteiger partial charge on any atom is 0.272 e. The molecule has 1 heterocycles. The molecule has 0 bridgehead atoms. The Hall–Kier alpha value is -2.43. The van der Waals surface area contributed by atoms with Crippen molar-refractivity contribution in [2.45, 2.75) is 27.3 Å². The van der Waals surface area contributed by atoms with E-state index in [1.807, 2.05) is 13.8 Å². The highest BCUT2D eigenvalue weighted by atomic mass is 16.2. The van der Waals surface area contributed by atoms with Gasteiger partial charge < -0.3 is 10.2 Å². The molecule has 5 nitrogen and oxygen atoms in total. The highest BCUT2D eigenvalue weighted by Gasteiger charge is 2.14. The van der Waals surface area contributed by atoms with Gasteiger partial charge in [-0.3, -0.25) is 4.79 Å². The number of anilines is 1. The summed E-state index contributed by atoms with van der Waals surface area (Å²) in [6.07, 6.45) is 1.42. The summed E-state index contributed by atoms with van der Waals surface area (Å²) in [6, 6.07) is 10.0. The number of hydrogen-bond acceptors (Lipinski definition) is 4. The smallest absolute Gasteiger partial charge is 0.272 e. The van der Waals surface area contributed by atoms with Crippen LogP contribution in [0.25, 0.3) is 0 Å². The number of nitrogens with one attached hydrogen (secondary N) is 1. The highest BCUT2D eigenvalue weighted by molar-refractivity contribution is 5.92. The van der Waals surface area contributed by atoms with Crippen molar-refractivity contribution in [3.63, 3.8) is 0 Å². The molecule has 0 saturated carbocycles. The number of rotatable bonds is 6. The van der Waals surface area contributed by atoms with Gasteiger partial charge in [0.25, 0.3) is 5.91 Å². The summed E-state index contributed by atoms with van der Waals surface area (Å²) < 4.78 is 0. The van der Waals surface area contributed by atoms with E-state index in [-0.39, 0.29) is 5.91 Å². The molecule has 1 aromatic heterocycles. The molecule has 5 heteroatoms. The zero-order valence-corrected chi connectivity index (χ0v) is 13.3. The normalized spacial score (nSPS) is 10.3. The van der Waals surface area contributed by atoms with Crippen LogP contribution in [0.5, 0.6) is 0 Å². The lowest BCUT2D eigenvalue weighted by molar-refractivity contribution is 0.0767. The van der Waals surface area contributed by atoms with Gasteiger partial charge in [-0.05, 0) is 26.3 Å². The van der Waals surface area contributed by atoms with E-state index in [4.69, 9.17) is 0 Å². The van der Waals surface area contributed by atoms with E-state index in [9.17, 15) is 4.79 Å². The van der Waals surface area contributed by atoms with Gasteiger partial charge in [0.15, 0.2) is 0 Å². The largest absolute Gasteiger partial charge is 0.366 e. The van der Waals surface area contributed by atoms with Gasteiger partial charge in [0.2, 0.25) is 0 Å². The quantitative estimate of drug-likeness (QED) is 0.891. The monoisotopic (exact) mass is 298 g/mol. The number of benzene rings is 1. The van der Waals surface area contributed by atoms with Crippen LogP contribution in [0, 0.1) is 6.92 Å². The summed E-state index contributed by atoms with van der Waals surface area (Å²) in [6.45, 7) is 7.98. The van der Waals surface area contributed by atoms with Crippen LogP contribution in [-0.4, -0.2) is 33.9 Å². The molecular formula is C17H22N4O. The van der Waals surface area contributed by atoms with Crippen LogP contribution in [0.3, 0.4) is 0 Å².